The van der Waals surface area contributed by atoms with Crippen molar-refractivity contribution < 1.29 is 19.2 Å². The maximum absolute atomic E-state index is 13.7. The van der Waals surface area contributed by atoms with Gasteiger partial charge in [0.25, 0.3) is 0 Å². The van der Waals surface area contributed by atoms with Gasteiger partial charge in [0.05, 0.1) is 17.5 Å². The minimum atomic E-state index is -1.79. The van der Waals surface area contributed by atoms with Crippen molar-refractivity contribution in [2.75, 3.05) is 4.90 Å². The zero-order valence-corrected chi connectivity index (χ0v) is 16.9. The quantitative estimate of drug-likeness (QED) is 0.507. The van der Waals surface area contributed by atoms with Crippen LogP contribution < -0.4 is 10.2 Å². The highest BCUT2D eigenvalue weighted by molar-refractivity contribution is 6.37. The second-order valence-electron chi connectivity index (χ2n) is 8.40. The fraction of sp³-hybridized carbons (Fsp3) is 0.154. The number of imide groups is 1. The lowest BCUT2D eigenvalue weighted by Gasteiger charge is -2.28. The van der Waals surface area contributed by atoms with Crippen LogP contribution in [0.4, 0.5) is 5.69 Å². The van der Waals surface area contributed by atoms with Crippen molar-refractivity contribution in [3.8, 4) is 0 Å². The minimum absolute atomic E-state index is 0.288. The van der Waals surface area contributed by atoms with E-state index in [0.29, 0.717) is 5.69 Å². The predicted octanol–water partition coefficient (Wildman–Crippen LogP) is 2.95. The molecular formula is C26H18N2O4. The van der Waals surface area contributed by atoms with Crippen LogP contribution in [0.15, 0.2) is 84.9 Å². The van der Waals surface area contributed by atoms with Crippen LogP contribution in [0, 0.1) is 11.8 Å². The number of nitrogens with zero attached hydrogens (tertiary/aromatic N) is 1. The highest BCUT2D eigenvalue weighted by Gasteiger charge is 2.73. The number of carbonyl (C=O) groups excluding carboxylic acids is 4. The summed E-state index contributed by atoms with van der Waals surface area (Å²) < 4.78 is 0. The maximum atomic E-state index is 13.7. The van der Waals surface area contributed by atoms with Crippen LogP contribution >= 0.6 is 0 Å². The van der Waals surface area contributed by atoms with Crippen molar-refractivity contribution in [2.45, 2.75) is 11.6 Å². The Hall–Kier alpha value is -3.90. The first-order valence-electron chi connectivity index (χ1n) is 10.5. The molecule has 0 bridgehead atoms. The van der Waals surface area contributed by atoms with Gasteiger partial charge in [0, 0.05) is 17.2 Å². The molecule has 2 heterocycles. The molecule has 6 heteroatoms. The van der Waals surface area contributed by atoms with E-state index in [1.807, 2.05) is 30.3 Å². The Morgan fingerprint density at radius 2 is 1.19 bits per heavy atom. The second-order valence-corrected chi connectivity index (χ2v) is 8.40. The van der Waals surface area contributed by atoms with Gasteiger partial charge in [-0.2, -0.15) is 0 Å². The van der Waals surface area contributed by atoms with Crippen LogP contribution in [0.2, 0.25) is 0 Å². The highest BCUT2D eigenvalue weighted by atomic mass is 16.2. The SMILES string of the molecule is O=C1[C@@H]2[C@@H](c3ccccc3)NC3(C(=O)c4ccccc4C3=O)[C@@H]2C(=O)N1c1ccccc1. The minimum Gasteiger partial charge on any atom is -0.291 e. The molecule has 0 unspecified atom stereocenters. The van der Waals surface area contributed by atoms with Crippen molar-refractivity contribution in [1.82, 2.24) is 5.32 Å². The smallest absolute Gasteiger partial charge is 0.240 e. The molecule has 1 spiro atoms. The first-order chi connectivity index (χ1) is 15.6. The van der Waals surface area contributed by atoms with Crippen molar-refractivity contribution in [3.63, 3.8) is 0 Å². The molecule has 0 aromatic heterocycles. The number of para-hydroxylation sites is 1. The monoisotopic (exact) mass is 422 g/mol. The third-order valence-corrected chi connectivity index (χ3v) is 6.87. The van der Waals surface area contributed by atoms with Gasteiger partial charge in [0.2, 0.25) is 11.8 Å². The standard InChI is InChI=1S/C26H18N2O4/c29-22-17-13-7-8-14-18(17)23(30)26(22)20-19(21(27-26)15-9-3-1-4-10-15)24(31)28(25(20)32)16-11-5-2-6-12-16/h1-14,19-21,27H/t19-,20-,21+/m0/s1. The van der Waals surface area contributed by atoms with E-state index < -0.39 is 46.8 Å². The highest BCUT2D eigenvalue weighted by Crippen LogP contribution is 2.53. The van der Waals surface area contributed by atoms with Gasteiger partial charge in [-0.15, -0.1) is 0 Å². The summed E-state index contributed by atoms with van der Waals surface area (Å²) >= 11 is 0. The summed E-state index contributed by atoms with van der Waals surface area (Å²) in [6, 6.07) is 23.8. The summed E-state index contributed by atoms with van der Waals surface area (Å²) in [6.07, 6.45) is 0. The zero-order chi connectivity index (χ0) is 22.0. The van der Waals surface area contributed by atoms with Crippen LogP contribution in [-0.4, -0.2) is 28.9 Å². The van der Waals surface area contributed by atoms with Gasteiger partial charge in [0.15, 0.2) is 17.1 Å². The molecule has 2 aliphatic heterocycles. The van der Waals surface area contributed by atoms with E-state index in [4.69, 9.17) is 0 Å². The van der Waals surface area contributed by atoms with E-state index in [1.165, 1.54) is 0 Å². The molecule has 6 rings (SSSR count). The van der Waals surface area contributed by atoms with Gasteiger partial charge < -0.3 is 0 Å². The molecule has 2 fully saturated rings. The molecule has 0 radical (unpaired) electrons. The van der Waals surface area contributed by atoms with Gasteiger partial charge in [-0.3, -0.25) is 24.5 Å². The van der Waals surface area contributed by atoms with Crippen molar-refractivity contribution in [3.05, 3.63) is 102 Å². The number of anilines is 1. The predicted molar refractivity (Wildman–Crippen MR) is 116 cm³/mol. The molecule has 32 heavy (non-hydrogen) atoms. The average molecular weight is 422 g/mol. The van der Waals surface area contributed by atoms with Gasteiger partial charge in [-0.05, 0) is 17.7 Å². The Balaban J connectivity index is 1.56. The number of amides is 2. The molecule has 2 saturated heterocycles. The first kappa shape index (κ1) is 18.8. The number of hydrogen-bond donors (Lipinski definition) is 1. The molecule has 1 N–H and O–H groups in total. The third-order valence-electron chi connectivity index (χ3n) is 6.87. The van der Waals surface area contributed by atoms with Crippen LogP contribution in [0.5, 0.6) is 0 Å². The summed E-state index contributed by atoms with van der Waals surface area (Å²) in [5.41, 5.74) is -0.0153. The Morgan fingerprint density at radius 1 is 0.656 bits per heavy atom. The van der Waals surface area contributed by atoms with E-state index in [0.717, 1.165) is 10.5 Å². The number of Topliss-reactive ketones (excluding diaryl/α,β-unsaturated/α-hetero) is 2. The lowest BCUT2D eigenvalue weighted by Crippen LogP contribution is -2.58. The second kappa shape index (κ2) is 6.55. The third kappa shape index (κ3) is 2.22. The molecule has 3 atom stereocenters. The number of benzene rings is 3. The van der Waals surface area contributed by atoms with E-state index in [1.54, 1.807) is 54.6 Å². The van der Waals surface area contributed by atoms with Crippen LogP contribution in [0.3, 0.4) is 0 Å². The molecule has 6 nitrogen and oxygen atoms in total. The van der Waals surface area contributed by atoms with Crippen LogP contribution in [0.1, 0.15) is 32.3 Å². The van der Waals surface area contributed by atoms with Gasteiger partial charge in [0.1, 0.15) is 0 Å². The summed E-state index contributed by atoms with van der Waals surface area (Å²) in [6.45, 7) is 0. The number of rotatable bonds is 2. The fourth-order valence-electron chi connectivity index (χ4n) is 5.51. The molecule has 3 aromatic rings. The Kier molecular flexibility index (Phi) is 3.85. The molecule has 156 valence electrons. The number of carbonyl (C=O) groups is 4. The number of nitrogens with one attached hydrogen (secondary N) is 1. The average Bonchev–Trinajstić information content (AvgIpc) is 3.40. The van der Waals surface area contributed by atoms with E-state index in [-0.39, 0.29) is 11.1 Å². The van der Waals surface area contributed by atoms with Gasteiger partial charge in [-0.25, -0.2) is 4.90 Å². The lowest BCUT2D eigenvalue weighted by molar-refractivity contribution is -0.123. The molecule has 3 aromatic carbocycles. The molecule has 2 amide bonds. The Bertz CT molecular complexity index is 1270. The van der Waals surface area contributed by atoms with Crippen molar-refractivity contribution in [2.24, 2.45) is 11.8 Å². The van der Waals surface area contributed by atoms with Crippen LogP contribution in [0.25, 0.3) is 0 Å². The van der Waals surface area contributed by atoms with Gasteiger partial charge >= 0.3 is 0 Å². The molecule has 0 saturated carbocycles. The summed E-state index contributed by atoms with van der Waals surface area (Å²) in [7, 11) is 0. The van der Waals surface area contributed by atoms with Crippen molar-refractivity contribution in [1.29, 1.82) is 0 Å². The van der Waals surface area contributed by atoms with Crippen LogP contribution in [-0.2, 0) is 9.59 Å². The maximum Gasteiger partial charge on any atom is 0.240 e. The Labute approximate surface area is 183 Å². The lowest BCUT2D eigenvalue weighted by atomic mass is 9.76. The topological polar surface area (TPSA) is 83.5 Å². The number of hydrogen-bond acceptors (Lipinski definition) is 5. The molecular weight excluding hydrogens is 404 g/mol. The van der Waals surface area contributed by atoms with E-state index in [2.05, 4.69) is 5.32 Å². The van der Waals surface area contributed by atoms with Gasteiger partial charge in [-0.1, -0.05) is 72.8 Å². The summed E-state index contributed by atoms with van der Waals surface area (Å²) in [5, 5.41) is 3.20. The summed E-state index contributed by atoms with van der Waals surface area (Å²) in [4.78, 5) is 55.9. The number of fused-ring (bicyclic) bond motifs is 3. The molecule has 1 aliphatic carbocycles. The van der Waals surface area contributed by atoms with E-state index >= 15 is 0 Å². The fourth-order valence-corrected chi connectivity index (χ4v) is 5.51. The number of ketones is 2. The molecule has 3 aliphatic rings. The summed E-state index contributed by atoms with van der Waals surface area (Å²) in [5.74, 6) is -3.79. The van der Waals surface area contributed by atoms with Crippen molar-refractivity contribution >= 4 is 29.1 Å². The first-order valence-corrected chi connectivity index (χ1v) is 10.5. The Morgan fingerprint density at radius 3 is 1.78 bits per heavy atom. The van der Waals surface area contributed by atoms with E-state index in [9.17, 15) is 19.2 Å². The largest absolute Gasteiger partial charge is 0.291 e. The zero-order valence-electron chi connectivity index (χ0n) is 16.9. The normalized spacial score (nSPS) is 25.5.